The van der Waals surface area contributed by atoms with Crippen LogP contribution in [-0.2, 0) is 0 Å². The molecule has 2 N–H and O–H groups in total. The second-order valence-corrected chi connectivity index (χ2v) is 4.43. The van der Waals surface area contributed by atoms with Crippen molar-refractivity contribution in [3.63, 3.8) is 0 Å². The molecule has 4 heteroatoms. The zero-order valence-electron chi connectivity index (χ0n) is 8.77. The first-order chi connectivity index (χ1) is 7.16. The Balaban J connectivity index is 0.00000128. The number of carbonyl (C=O) groups is 1. The van der Waals surface area contributed by atoms with E-state index in [0.717, 1.165) is 21.0 Å². The molecule has 2 aromatic rings. The van der Waals surface area contributed by atoms with Crippen molar-refractivity contribution in [2.45, 2.75) is 6.92 Å². The summed E-state index contributed by atoms with van der Waals surface area (Å²) in [6.45, 7) is 1.58. The number of nitrogens with two attached hydrogens (primary N) is 1. The number of hydrogen-bond donors (Lipinski definition) is 1. The fraction of sp³-hybridized carbons (Fsp3) is 0.0833. The number of thiophene rings is 1. The summed E-state index contributed by atoms with van der Waals surface area (Å²) in [4.78, 5) is 13.0. The average molecular weight is 254 g/mol. The van der Waals surface area contributed by atoms with Gasteiger partial charge in [-0.1, -0.05) is 12.1 Å². The molecule has 0 amide bonds. The third kappa shape index (κ3) is 2.62. The van der Waals surface area contributed by atoms with E-state index in [-0.39, 0.29) is 18.2 Å². The first-order valence-electron chi connectivity index (χ1n) is 4.63. The lowest BCUT2D eigenvalue weighted by Gasteiger charge is -1.97. The normalized spacial score (nSPS) is 9.56. The quantitative estimate of drug-likeness (QED) is 0.656. The van der Waals surface area contributed by atoms with E-state index in [1.54, 1.807) is 6.92 Å². The van der Waals surface area contributed by atoms with E-state index in [2.05, 4.69) is 0 Å². The van der Waals surface area contributed by atoms with Gasteiger partial charge in [0.05, 0.1) is 4.88 Å². The van der Waals surface area contributed by atoms with Crippen LogP contribution in [0.3, 0.4) is 0 Å². The van der Waals surface area contributed by atoms with Gasteiger partial charge in [-0.3, -0.25) is 4.79 Å². The molecule has 84 valence electrons. The summed E-state index contributed by atoms with van der Waals surface area (Å²) < 4.78 is 0. The molecule has 0 saturated carbocycles. The molecular formula is C12H12ClNOS. The van der Waals surface area contributed by atoms with E-state index in [9.17, 15) is 4.79 Å². The lowest BCUT2D eigenvalue weighted by Crippen LogP contribution is -1.83. The largest absolute Gasteiger partial charge is 0.399 e. The molecule has 2 rings (SSSR count). The van der Waals surface area contributed by atoms with E-state index in [1.165, 1.54) is 11.3 Å². The molecule has 1 heterocycles. The Morgan fingerprint density at radius 2 is 1.75 bits per heavy atom. The Morgan fingerprint density at radius 3 is 2.25 bits per heavy atom. The van der Waals surface area contributed by atoms with E-state index in [1.807, 2.05) is 36.4 Å². The molecule has 1 aromatic carbocycles. The molecule has 0 aliphatic rings. The van der Waals surface area contributed by atoms with Crippen molar-refractivity contribution in [3.8, 4) is 10.4 Å². The lowest BCUT2D eigenvalue weighted by molar-refractivity contribution is 0.102. The molecule has 16 heavy (non-hydrogen) atoms. The maximum Gasteiger partial charge on any atom is 0.169 e. The minimum atomic E-state index is 0. The number of Topliss-reactive ketones (excluding diaryl/α,β-unsaturated/α-hetero) is 1. The van der Waals surface area contributed by atoms with Gasteiger partial charge in [-0.2, -0.15) is 0 Å². The van der Waals surface area contributed by atoms with Crippen LogP contribution < -0.4 is 5.73 Å². The predicted molar refractivity (Wildman–Crippen MR) is 71.4 cm³/mol. The first kappa shape index (κ1) is 12.7. The summed E-state index contributed by atoms with van der Waals surface area (Å²) >= 11 is 1.51. The second-order valence-electron chi connectivity index (χ2n) is 3.34. The maximum absolute atomic E-state index is 11.1. The van der Waals surface area contributed by atoms with Gasteiger partial charge >= 0.3 is 0 Å². The van der Waals surface area contributed by atoms with E-state index >= 15 is 0 Å². The fourth-order valence-electron chi connectivity index (χ4n) is 1.33. The lowest BCUT2D eigenvalue weighted by atomic mass is 10.2. The van der Waals surface area contributed by atoms with Crippen LogP contribution in [0.1, 0.15) is 16.6 Å². The molecular weight excluding hydrogens is 242 g/mol. The molecule has 0 radical (unpaired) electrons. The van der Waals surface area contributed by atoms with Gasteiger partial charge in [0.15, 0.2) is 5.78 Å². The number of ketones is 1. The fourth-order valence-corrected chi connectivity index (χ4v) is 2.24. The summed E-state index contributed by atoms with van der Waals surface area (Å²) in [6, 6.07) is 11.5. The Bertz CT molecular complexity index is 490. The topological polar surface area (TPSA) is 43.1 Å². The third-order valence-corrected chi connectivity index (χ3v) is 3.38. The Labute approximate surface area is 105 Å². The molecule has 0 fully saturated rings. The molecule has 1 aromatic heterocycles. The Hall–Kier alpha value is -1.32. The van der Waals surface area contributed by atoms with Gasteiger partial charge in [-0.25, -0.2) is 0 Å². The van der Waals surface area contributed by atoms with Crippen molar-refractivity contribution >= 4 is 35.2 Å². The van der Waals surface area contributed by atoms with Gasteiger partial charge in [-0.15, -0.1) is 23.7 Å². The molecule has 0 aliphatic heterocycles. The smallest absolute Gasteiger partial charge is 0.169 e. The molecule has 0 unspecified atom stereocenters. The minimum Gasteiger partial charge on any atom is -0.399 e. The van der Waals surface area contributed by atoms with Crippen molar-refractivity contribution < 1.29 is 4.79 Å². The zero-order chi connectivity index (χ0) is 10.8. The van der Waals surface area contributed by atoms with Gasteiger partial charge in [0.2, 0.25) is 0 Å². The van der Waals surface area contributed by atoms with Crippen LogP contribution in [0.4, 0.5) is 5.69 Å². The van der Waals surface area contributed by atoms with Crippen molar-refractivity contribution in [3.05, 3.63) is 41.3 Å². The highest BCUT2D eigenvalue weighted by molar-refractivity contribution is 7.17. The summed E-state index contributed by atoms with van der Waals surface area (Å²) in [5.74, 6) is 0.113. The van der Waals surface area contributed by atoms with Crippen LogP contribution >= 0.6 is 23.7 Å². The van der Waals surface area contributed by atoms with Crippen molar-refractivity contribution in [1.29, 1.82) is 0 Å². The van der Waals surface area contributed by atoms with Crippen molar-refractivity contribution in [2.24, 2.45) is 0 Å². The molecule has 0 bridgehead atoms. The first-order valence-corrected chi connectivity index (χ1v) is 5.45. The third-order valence-electron chi connectivity index (χ3n) is 2.15. The monoisotopic (exact) mass is 253 g/mol. The maximum atomic E-state index is 11.1. The van der Waals surface area contributed by atoms with Gasteiger partial charge in [0, 0.05) is 10.6 Å². The van der Waals surface area contributed by atoms with Crippen LogP contribution in [0.15, 0.2) is 36.4 Å². The van der Waals surface area contributed by atoms with E-state index in [0.29, 0.717) is 0 Å². The highest BCUT2D eigenvalue weighted by Gasteiger charge is 2.05. The Kier molecular flexibility index (Phi) is 4.10. The van der Waals surface area contributed by atoms with Gasteiger partial charge in [0.1, 0.15) is 0 Å². The van der Waals surface area contributed by atoms with Crippen LogP contribution in [0, 0.1) is 0 Å². The van der Waals surface area contributed by atoms with Gasteiger partial charge in [-0.05, 0) is 36.8 Å². The number of halogens is 1. The van der Waals surface area contributed by atoms with Crippen molar-refractivity contribution in [2.75, 3.05) is 5.73 Å². The van der Waals surface area contributed by atoms with Crippen molar-refractivity contribution in [1.82, 2.24) is 0 Å². The number of hydrogen-bond acceptors (Lipinski definition) is 3. The van der Waals surface area contributed by atoms with Crippen LogP contribution in [0.25, 0.3) is 10.4 Å². The predicted octanol–water partition coefficient (Wildman–Crippen LogP) is 3.62. The SMILES string of the molecule is CC(=O)c1ccc(-c2ccc(N)cc2)s1.Cl. The highest BCUT2D eigenvalue weighted by Crippen LogP contribution is 2.28. The summed E-state index contributed by atoms with van der Waals surface area (Å²) in [7, 11) is 0. The number of rotatable bonds is 2. The number of anilines is 1. The zero-order valence-corrected chi connectivity index (χ0v) is 10.4. The summed E-state index contributed by atoms with van der Waals surface area (Å²) in [6.07, 6.45) is 0. The number of carbonyl (C=O) groups excluding carboxylic acids is 1. The average Bonchev–Trinajstić information content (AvgIpc) is 2.68. The standard InChI is InChI=1S/C12H11NOS.ClH/c1-8(14)11-6-7-12(15-11)9-2-4-10(13)5-3-9;/h2-7H,13H2,1H3;1H. The van der Waals surface area contributed by atoms with E-state index in [4.69, 9.17) is 5.73 Å². The molecule has 2 nitrogen and oxygen atoms in total. The molecule has 0 aliphatic carbocycles. The second kappa shape index (κ2) is 5.14. The van der Waals surface area contributed by atoms with E-state index < -0.39 is 0 Å². The van der Waals surface area contributed by atoms with Gasteiger partial charge in [0.25, 0.3) is 0 Å². The minimum absolute atomic E-state index is 0. The summed E-state index contributed by atoms with van der Waals surface area (Å²) in [5.41, 5.74) is 7.46. The van der Waals surface area contributed by atoms with Crippen LogP contribution in [0.2, 0.25) is 0 Å². The number of benzene rings is 1. The highest BCUT2D eigenvalue weighted by atomic mass is 35.5. The molecule has 0 saturated heterocycles. The van der Waals surface area contributed by atoms with Crippen LogP contribution in [-0.4, -0.2) is 5.78 Å². The van der Waals surface area contributed by atoms with Gasteiger partial charge < -0.3 is 5.73 Å². The molecule has 0 atom stereocenters. The number of nitrogen functional groups attached to an aromatic ring is 1. The van der Waals surface area contributed by atoms with Crippen LogP contribution in [0.5, 0.6) is 0 Å². The summed E-state index contributed by atoms with van der Waals surface area (Å²) in [5, 5.41) is 0. The Morgan fingerprint density at radius 1 is 1.12 bits per heavy atom. The molecule has 0 spiro atoms.